The van der Waals surface area contributed by atoms with Crippen LogP contribution < -0.4 is 4.90 Å². The van der Waals surface area contributed by atoms with Gasteiger partial charge in [-0.1, -0.05) is 27.8 Å². The highest BCUT2D eigenvalue weighted by molar-refractivity contribution is 9.10. The van der Waals surface area contributed by atoms with Gasteiger partial charge in [0, 0.05) is 9.89 Å². The zero-order valence-corrected chi connectivity index (χ0v) is 12.7. The van der Waals surface area contributed by atoms with Crippen LogP contribution in [0.3, 0.4) is 0 Å². The molecule has 1 aliphatic heterocycles. The predicted octanol–water partition coefficient (Wildman–Crippen LogP) is 3.03. The van der Waals surface area contributed by atoms with Crippen molar-refractivity contribution in [1.82, 2.24) is 0 Å². The zero-order chi connectivity index (χ0) is 14.2. The predicted molar refractivity (Wildman–Crippen MR) is 78.1 cm³/mol. The van der Waals surface area contributed by atoms with Gasteiger partial charge in [-0.15, -0.1) is 0 Å². The summed E-state index contributed by atoms with van der Waals surface area (Å²) in [6, 6.07) is 5.25. The molecule has 0 N–H and O–H groups in total. The quantitative estimate of drug-likeness (QED) is 0.589. The van der Waals surface area contributed by atoms with Crippen molar-refractivity contribution in [3.05, 3.63) is 28.2 Å². The fourth-order valence-corrected chi connectivity index (χ4v) is 2.17. The first-order valence-corrected chi connectivity index (χ1v) is 6.75. The first kappa shape index (κ1) is 13.8. The molecule has 98 valence electrons. The second kappa shape index (κ2) is 4.82. The van der Waals surface area contributed by atoms with Gasteiger partial charge in [0.1, 0.15) is 0 Å². The van der Waals surface area contributed by atoms with Gasteiger partial charge in [0.15, 0.2) is 0 Å². The number of carbonyl (C=O) groups excluding carboxylic acids is 2. The van der Waals surface area contributed by atoms with Crippen molar-refractivity contribution in [3.8, 4) is 11.8 Å². The highest BCUT2D eigenvalue weighted by Gasteiger charge is 2.35. The molecular weight excluding hydrogens is 306 g/mol. The topological polar surface area (TPSA) is 37.4 Å². The Morgan fingerprint density at radius 1 is 1.26 bits per heavy atom. The molecule has 0 aromatic heterocycles. The van der Waals surface area contributed by atoms with Gasteiger partial charge in [0.05, 0.1) is 17.8 Å². The second-order valence-electron chi connectivity index (χ2n) is 5.43. The molecule has 0 atom stereocenters. The van der Waals surface area contributed by atoms with Crippen LogP contribution >= 0.6 is 15.9 Å². The third-order valence-corrected chi connectivity index (χ3v) is 3.13. The van der Waals surface area contributed by atoms with E-state index in [9.17, 15) is 9.59 Å². The van der Waals surface area contributed by atoms with Gasteiger partial charge < -0.3 is 0 Å². The summed E-state index contributed by atoms with van der Waals surface area (Å²) in [4.78, 5) is 25.2. The molecule has 3 nitrogen and oxygen atoms in total. The Labute approximate surface area is 121 Å². The molecule has 0 bridgehead atoms. The first-order chi connectivity index (χ1) is 8.79. The fraction of sp³-hybridized carbons (Fsp3) is 0.333. The molecule has 4 heteroatoms. The molecule has 1 amide bonds. The number of halogens is 1. The molecule has 2 rings (SSSR count). The molecule has 0 saturated carbocycles. The van der Waals surface area contributed by atoms with Crippen LogP contribution in [0.1, 0.15) is 31.1 Å². The number of fused-ring (bicyclic) bond motifs is 1. The number of ketones is 1. The van der Waals surface area contributed by atoms with E-state index < -0.39 is 11.7 Å². The number of hydrogen-bond acceptors (Lipinski definition) is 2. The second-order valence-corrected chi connectivity index (χ2v) is 6.35. The van der Waals surface area contributed by atoms with Gasteiger partial charge in [0.2, 0.25) is 0 Å². The number of amides is 1. The van der Waals surface area contributed by atoms with Crippen LogP contribution in [0.15, 0.2) is 22.7 Å². The van der Waals surface area contributed by atoms with E-state index in [0.29, 0.717) is 11.3 Å². The number of benzene rings is 1. The Hall–Kier alpha value is -1.60. The van der Waals surface area contributed by atoms with E-state index in [1.807, 2.05) is 26.8 Å². The van der Waals surface area contributed by atoms with Crippen LogP contribution in [0.2, 0.25) is 0 Å². The smallest absolute Gasteiger partial charge is 0.293 e. The monoisotopic (exact) mass is 319 g/mol. The molecule has 0 aliphatic carbocycles. The summed E-state index contributed by atoms with van der Waals surface area (Å²) < 4.78 is 0.787. The van der Waals surface area contributed by atoms with Crippen LogP contribution in [0.4, 0.5) is 5.69 Å². The van der Waals surface area contributed by atoms with Crippen molar-refractivity contribution < 1.29 is 9.59 Å². The van der Waals surface area contributed by atoms with Crippen molar-refractivity contribution in [2.45, 2.75) is 20.8 Å². The minimum Gasteiger partial charge on any atom is -0.293 e. The zero-order valence-electron chi connectivity index (χ0n) is 11.1. The molecule has 1 aromatic carbocycles. The molecule has 0 saturated heterocycles. The van der Waals surface area contributed by atoms with Gasteiger partial charge in [-0.05, 0) is 39.0 Å². The molecule has 0 spiro atoms. The molecule has 1 aliphatic rings. The maximum Gasteiger partial charge on any atom is 0.300 e. The lowest BCUT2D eigenvalue weighted by Crippen LogP contribution is -2.30. The van der Waals surface area contributed by atoms with Gasteiger partial charge in [-0.25, -0.2) is 0 Å². The van der Waals surface area contributed by atoms with E-state index in [4.69, 9.17) is 0 Å². The highest BCUT2D eigenvalue weighted by Crippen LogP contribution is 2.30. The Morgan fingerprint density at radius 3 is 2.58 bits per heavy atom. The molecule has 0 radical (unpaired) electrons. The lowest BCUT2D eigenvalue weighted by molar-refractivity contribution is -0.114. The molecular formula is C15H14BrNO2. The SMILES string of the molecule is CC(C)(C)C#CCN1C(=O)C(=O)c2cc(Br)ccc21. The molecule has 0 fully saturated rings. The summed E-state index contributed by atoms with van der Waals surface area (Å²) in [6.45, 7) is 6.25. The summed E-state index contributed by atoms with van der Waals surface area (Å²) in [5.74, 6) is 5.06. The van der Waals surface area contributed by atoms with Crippen LogP contribution in [-0.4, -0.2) is 18.2 Å². The minimum absolute atomic E-state index is 0.116. The summed E-state index contributed by atoms with van der Waals surface area (Å²) in [5, 5.41) is 0. The number of carbonyl (C=O) groups is 2. The van der Waals surface area contributed by atoms with Gasteiger partial charge in [0.25, 0.3) is 11.7 Å². The van der Waals surface area contributed by atoms with E-state index in [1.165, 1.54) is 4.90 Å². The van der Waals surface area contributed by atoms with Gasteiger partial charge in [-0.2, -0.15) is 0 Å². The molecule has 1 heterocycles. The van der Waals surface area contributed by atoms with Gasteiger partial charge in [-0.3, -0.25) is 14.5 Å². The van der Waals surface area contributed by atoms with E-state index in [-0.39, 0.29) is 12.0 Å². The lowest BCUT2D eigenvalue weighted by Gasteiger charge is -2.13. The normalized spacial score (nSPS) is 14.2. The van der Waals surface area contributed by atoms with Crippen LogP contribution in [0, 0.1) is 17.3 Å². The summed E-state index contributed by atoms with van der Waals surface area (Å²) in [5.41, 5.74) is 0.966. The van der Waals surface area contributed by atoms with Crippen molar-refractivity contribution in [2.24, 2.45) is 5.41 Å². The van der Waals surface area contributed by atoms with E-state index >= 15 is 0 Å². The van der Waals surface area contributed by atoms with Crippen molar-refractivity contribution in [1.29, 1.82) is 0 Å². The average molecular weight is 320 g/mol. The average Bonchev–Trinajstić information content (AvgIpc) is 2.53. The van der Waals surface area contributed by atoms with Crippen LogP contribution in [0.25, 0.3) is 0 Å². The van der Waals surface area contributed by atoms with E-state index in [1.54, 1.807) is 12.1 Å². The highest BCUT2D eigenvalue weighted by atomic mass is 79.9. The Bertz CT molecular complexity index is 617. The first-order valence-electron chi connectivity index (χ1n) is 5.95. The van der Waals surface area contributed by atoms with Gasteiger partial charge >= 0.3 is 0 Å². The van der Waals surface area contributed by atoms with Crippen LogP contribution in [0.5, 0.6) is 0 Å². The molecule has 19 heavy (non-hydrogen) atoms. The Morgan fingerprint density at radius 2 is 1.95 bits per heavy atom. The minimum atomic E-state index is -0.503. The molecule has 1 aromatic rings. The lowest BCUT2D eigenvalue weighted by atomic mass is 9.98. The fourth-order valence-electron chi connectivity index (χ4n) is 1.81. The number of Topliss-reactive ketones (excluding diaryl/α,β-unsaturated/α-hetero) is 1. The van der Waals surface area contributed by atoms with E-state index in [2.05, 4.69) is 27.8 Å². The number of anilines is 1. The Kier molecular flexibility index (Phi) is 3.51. The van der Waals surface area contributed by atoms with E-state index in [0.717, 1.165) is 4.47 Å². The Balaban J connectivity index is 2.31. The number of rotatable bonds is 1. The summed E-state index contributed by atoms with van der Waals surface area (Å²) in [6.07, 6.45) is 0. The van der Waals surface area contributed by atoms with Crippen molar-refractivity contribution in [2.75, 3.05) is 11.4 Å². The third-order valence-electron chi connectivity index (χ3n) is 2.63. The number of hydrogen-bond donors (Lipinski definition) is 0. The maximum absolute atomic E-state index is 11.9. The maximum atomic E-state index is 11.9. The summed E-state index contributed by atoms with van der Waals surface area (Å²) >= 11 is 3.30. The molecule has 0 unspecified atom stereocenters. The van der Waals surface area contributed by atoms with Crippen molar-refractivity contribution in [3.63, 3.8) is 0 Å². The summed E-state index contributed by atoms with van der Waals surface area (Å²) in [7, 11) is 0. The number of nitrogens with zero attached hydrogens (tertiary/aromatic N) is 1. The third kappa shape index (κ3) is 2.87. The standard InChI is InChI=1S/C15H14BrNO2/c1-15(2,3)7-4-8-17-12-6-5-10(16)9-11(12)13(18)14(17)19/h5-6,9H,8H2,1-3H3. The largest absolute Gasteiger partial charge is 0.300 e. The van der Waals surface area contributed by atoms with Crippen molar-refractivity contribution >= 4 is 33.3 Å². The van der Waals surface area contributed by atoms with Crippen LogP contribution in [-0.2, 0) is 4.79 Å².